The van der Waals surface area contributed by atoms with Gasteiger partial charge in [0.05, 0.1) is 5.69 Å². The minimum Gasteiger partial charge on any atom is -0.361 e. The minimum absolute atomic E-state index is 0.0100. The first-order chi connectivity index (χ1) is 9.76. The molecule has 0 spiro atoms. The van der Waals surface area contributed by atoms with Crippen molar-refractivity contribution in [3.63, 3.8) is 0 Å². The van der Waals surface area contributed by atoms with Gasteiger partial charge in [-0.15, -0.1) is 0 Å². The first kappa shape index (κ1) is 15.9. The summed E-state index contributed by atoms with van der Waals surface area (Å²) in [7, 11) is -4.44. The minimum atomic E-state index is -4.44. The Morgan fingerprint density at radius 1 is 1.14 bits per heavy atom. The lowest BCUT2D eigenvalue weighted by molar-refractivity contribution is 0.302. The van der Waals surface area contributed by atoms with E-state index in [1.165, 1.54) is 0 Å². The summed E-state index contributed by atoms with van der Waals surface area (Å²) in [6, 6.07) is 0. The Morgan fingerprint density at radius 3 is 2.19 bits per heavy atom. The SMILES string of the molecule is CCC(CC)(c1noc(-c2c(C)noc2C)n1)P(=O)(O)O. The Balaban J connectivity index is 2.55. The highest BCUT2D eigenvalue weighted by Gasteiger charge is 2.49. The third-order valence-corrected chi connectivity index (χ3v) is 5.76. The van der Waals surface area contributed by atoms with Crippen molar-refractivity contribution in [1.82, 2.24) is 15.3 Å². The standard InChI is InChI=1S/C12H18N3O5P/c1-5-12(6-2,21(16,17)18)11-13-10(20-15-11)9-7(3)14-19-8(9)4/h5-6H2,1-4H3,(H2,16,17,18). The molecule has 2 aromatic heterocycles. The number of aromatic nitrogens is 3. The van der Waals surface area contributed by atoms with Gasteiger partial charge in [0.15, 0.2) is 5.82 Å². The lowest BCUT2D eigenvalue weighted by atomic mass is 10.0. The molecule has 9 heteroatoms. The van der Waals surface area contributed by atoms with Crippen molar-refractivity contribution in [2.75, 3.05) is 0 Å². The summed E-state index contributed by atoms with van der Waals surface area (Å²) < 4.78 is 22.1. The summed E-state index contributed by atoms with van der Waals surface area (Å²) in [6.07, 6.45) is 0.405. The van der Waals surface area contributed by atoms with E-state index in [1.807, 2.05) is 0 Å². The molecule has 0 aliphatic rings. The summed E-state index contributed by atoms with van der Waals surface area (Å²) in [5.41, 5.74) is 1.14. The summed E-state index contributed by atoms with van der Waals surface area (Å²) in [5.74, 6) is 0.675. The Morgan fingerprint density at radius 2 is 1.76 bits per heavy atom. The van der Waals surface area contributed by atoms with Gasteiger partial charge in [-0.1, -0.05) is 24.2 Å². The lowest BCUT2D eigenvalue weighted by Gasteiger charge is -2.28. The highest BCUT2D eigenvalue weighted by atomic mass is 31.2. The van der Waals surface area contributed by atoms with Crippen LogP contribution in [0.5, 0.6) is 0 Å². The molecule has 0 fully saturated rings. The van der Waals surface area contributed by atoms with E-state index >= 15 is 0 Å². The van der Waals surface area contributed by atoms with E-state index in [1.54, 1.807) is 27.7 Å². The maximum Gasteiger partial charge on any atom is 0.339 e. The molecule has 2 aromatic rings. The van der Waals surface area contributed by atoms with Crippen molar-refractivity contribution in [2.24, 2.45) is 0 Å². The molecule has 0 saturated carbocycles. The quantitative estimate of drug-likeness (QED) is 0.807. The number of hydrogen-bond acceptors (Lipinski definition) is 6. The topological polar surface area (TPSA) is 122 Å². The summed E-state index contributed by atoms with van der Waals surface area (Å²) in [6.45, 7) is 6.81. The number of aryl methyl sites for hydroxylation is 2. The molecule has 0 aliphatic carbocycles. The van der Waals surface area contributed by atoms with Gasteiger partial charge >= 0.3 is 7.60 Å². The van der Waals surface area contributed by atoms with Gasteiger partial charge in [-0.3, -0.25) is 4.57 Å². The number of nitrogens with zero attached hydrogens (tertiary/aromatic N) is 3. The molecule has 8 nitrogen and oxygen atoms in total. The van der Waals surface area contributed by atoms with E-state index in [2.05, 4.69) is 15.3 Å². The zero-order chi connectivity index (χ0) is 15.8. The molecule has 0 unspecified atom stereocenters. The molecule has 116 valence electrons. The van der Waals surface area contributed by atoms with Crippen LogP contribution in [-0.2, 0) is 9.72 Å². The van der Waals surface area contributed by atoms with E-state index in [4.69, 9.17) is 9.05 Å². The Hall–Kier alpha value is -1.50. The second-order valence-electron chi connectivity index (χ2n) is 4.91. The predicted molar refractivity (Wildman–Crippen MR) is 73.6 cm³/mol. The molecule has 0 saturated heterocycles. The lowest BCUT2D eigenvalue weighted by Crippen LogP contribution is -2.26. The highest BCUT2D eigenvalue weighted by molar-refractivity contribution is 7.53. The molecule has 0 aromatic carbocycles. The van der Waals surface area contributed by atoms with Gasteiger partial charge in [-0.2, -0.15) is 4.98 Å². The smallest absolute Gasteiger partial charge is 0.339 e. The van der Waals surface area contributed by atoms with Crippen LogP contribution in [0.25, 0.3) is 11.5 Å². The third kappa shape index (κ3) is 2.43. The van der Waals surface area contributed by atoms with E-state index in [-0.39, 0.29) is 24.6 Å². The molecule has 2 heterocycles. The largest absolute Gasteiger partial charge is 0.361 e. The zero-order valence-corrected chi connectivity index (χ0v) is 13.2. The van der Waals surface area contributed by atoms with Gasteiger partial charge in [-0.25, -0.2) is 0 Å². The van der Waals surface area contributed by atoms with Crippen LogP contribution in [0.4, 0.5) is 0 Å². The van der Waals surface area contributed by atoms with Crippen LogP contribution in [0.2, 0.25) is 0 Å². The van der Waals surface area contributed by atoms with Crippen LogP contribution < -0.4 is 0 Å². The maximum absolute atomic E-state index is 11.9. The molecule has 0 amide bonds. The fourth-order valence-electron chi connectivity index (χ4n) is 2.41. The molecule has 0 aliphatic heterocycles. The summed E-state index contributed by atoms with van der Waals surface area (Å²) >= 11 is 0. The van der Waals surface area contributed by atoms with Crippen molar-refractivity contribution < 1.29 is 23.4 Å². The van der Waals surface area contributed by atoms with Crippen LogP contribution in [-0.4, -0.2) is 25.1 Å². The fourth-order valence-corrected chi connectivity index (χ4v) is 3.59. The normalized spacial score (nSPS) is 12.9. The second-order valence-corrected chi connectivity index (χ2v) is 6.85. The van der Waals surface area contributed by atoms with Crippen molar-refractivity contribution in [3.8, 4) is 11.5 Å². The van der Waals surface area contributed by atoms with Gasteiger partial charge in [0.1, 0.15) is 16.5 Å². The summed E-state index contributed by atoms with van der Waals surface area (Å²) in [5, 5.41) is 6.15. The second kappa shape index (κ2) is 5.36. The zero-order valence-electron chi connectivity index (χ0n) is 12.3. The monoisotopic (exact) mass is 315 g/mol. The van der Waals surface area contributed by atoms with E-state index < -0.39 is 12.8 Å². The van der Waals surface area contributed by atoms with Crippen molar-refractivity contribution in [3.05, 3.63) is 17.3 Å². The first-order valence-electron chi connectivity index (χ1n) is 6.60. The first-order valence-corrected chi connectivity index (χ1v) is 8.21. The average molecular weight is 315 g/mol. The maximum atomic E-state index is 11.9. The number of hydrogen-bond donors (Lipinski definition) is 2. The van der Waals surface area contributed by atoms with Gasteiger partial charge < -0.3 is 18.8 Å². The van der Waals surface area contributed by atoms with Gasteiger partial charge in [0, 0.05) is 0 Å². The fraction of sp³-hybridized carbons (Fsp3) is 0.583. The van der Waals surface area contributed by atoms with Crippen molar-refractivity contribution >= 4 is 7.60 Å². The molecular formula is C12H18N3O5P. The van der Waals surface area contributed by atoms with E-state index in [0.29, 0.717) is 17.0 Å². The molecule has 2 rings (SSSR count). The van der Waals surface area contributed by atoms with Crippen LogP contribution >= 0.6 is 7.60 Å². The highest BCUT2D eigenvalue weighted by Crippen LogP contribution is 2.60. The van der Waals surface area contributed by atoms with Gasteiger partial charge in [0.25, 0.3) is 5.89 Å². The average Bonchev–Trinajstić information content (AvgIpc) is 2.98. The van der Waals surface area contributed by atoms with Crippen LogP contribution in [0.3, 0.4) is 0 Å². The third-order valence-electron chi connectivity index (χ3n) is 3.82. The van der Waals surface area contributed by atoms with Crippen molar-refractivity contribution in [1.29, 1.82) is 0 Å². The molecule has 2 N–H and O–H groups in total. The van der Waals surface area contributed by atoms with Crippen LogP contribution in [0, 0.1) is 13.8 Å². The van der Waals surface area contributed by atoms with Gasteiger partial charge in [0.2, 0.25) is 0 Å². The van der Waals surface area contributed by atoms with Crippen LogP contribution in [0.1, 0.15) is 44.0 Å². The van der Waals surface area contributed by atoms with E-state index in [9.17, 15) is 14.4 Å². The molecule has 21 heavy (non-hydrogen) atoms. The number of rotatable bonds is 5. The Labute approximate surface area is 121 Å². The molecular weight excluding hydrogens is 297 g/mol. The molecule has 0 atom stereocenters. The molecule has 0 radical (unpaired) electrons. The van der Waals surface area contributed by atoms with E-state index in [0.717, 1.165) is 0 Å². The Kier molecular flexibility index (Phi) is 4.06. The predicted octanol–water partition coefficient (Wildman–Crippen LogP) is 2.53. The van der Waals surface area contributed by atoms with Crippen molar-refractivity contribution in [2.45, 2.75) is 45.7 Å². The van der Waals surface area contributed by atoms with Gasteiger partial charge in [-0.05, 0) is 26.7 Å². The summed E-state index contributed by atoms with van der Waals surface area (Å²) in [4.78, 5) is 23.6. The molecule has 0 bridgehead atoms. The van der Waals surface area contributed by atoms with Crippen LogP contribution in [0.15, 0.2) is 9.05 Å². The Bertz CT molecular complexity index is 663.